The zero-order valence-electron chi connectivity index (χ0n) is 31.0. The van der Waals surface area contributed by atoms with Crippen LogP contribution in [0.15, 0.2) is 53.2 Å². The summed E-state index contributed by atoms with van der Waals surface area (Å²) in [5.74, 6) is -4.39. The molecule has 12 atom stereocenters. The Labute approximate surface area is 320 Å². The third-order valence-electron chi connectivity index (χ3n) is 11.8. The van der Waals surface area contributed by atoms with E-state index in [4.69, 9.17) is 46.9 Å². The molecule has 0 radical (unpaired) electrons. The van der Waals surface area contributed by atoms with Crippen LogP contribution >= 0.6 is 23.2 Å². The molecule has 6 rings (SSSR count). The van der Waals surface area contributed by atoms with Gasteiger partial charge in [-0.2, -0.15) is 0 Å². The van der Waals surface area contributed by atoms with E-state index in [1.165, 1.54) is 0 Å². The monoisotopic (exact) mass is 777 g/mol. The molecule has 2 N–H and O–H groups in total. The number of pyridine rings is 1. The molecule has 3 fully saturated rings. The second-order valence-corrected chi connectivity index (χ2v) is 16.3. The SMILES string of the molecule is CCC(C)[C@H]1O[C@]2(CC[C@@H]1C)C[C@@H]1C[C@@H](C/C=C(\C)[C@@H](OC(=O)c3cc(F)c(Cl)nc3Cl)[C@@H](C)/C=C/C=C3\CO[C@@H]4[C@H](O)C(C)=C[C@@H](C(=O)O1)[C@]34O)O2. The third kappa shape index (κ3) is 7.90. The fourth-order valence-electron chi connectivity index (χ4n) is 8.51. The topological polar surface area (TPSA) is 134 Å². The van der Waals surface area contributed by atoms with Crippen molar-refractivity contribution in [3.63, 3.8) is 0 Å². The lowest BCUT2D eigenvalue weighted by molar-refractivity contribution is -0.340. The molecular weight excluding hydrogens is 728 g/mol. The number of halogens is 3. The highest BCUT2D eigenvalue weighted by Gasteiger charge is 2.60. The molecule has 1 aromatic heterocycles. The summed E-state index contributed by atoms with van der Waals surface area (Å²) in [5, 5.41) is 22.6. The van der Waals surface area contributed by atoms with Gasteiger partial charge in [0.1, 0.15) is 41.1 Å². The number of aromatic nitrogens is 1. The number of nitrogens with zero attached hydrogens (tertiary/aromatic N) is 1. The van der Waals surface area contributed by atoms with Crippen LogP contribution in [0.1, 0.15) is 90.4 Å². The first-order chi connectivity index (χ1) is 25.1. The molecule has 13 heteroatoms. The van der Waals surface area contributed by atoms with Crippen LogP contribution in [0, 0.1) is 29.5 Å². The highest BCUT2D eigenvalue weighted by Crippen LogP contribution is 2.48. The average Bonchev–Trinajstić information content (AvgIpc) is 3.45. The van der Waals surface area contributed by atoms with E-state index in [1.807, 2.05) is 19.9 Å². The summed E-state index contributed by atoms with van der Waals surface area (Å²) in [6.07, 6.45) is 7.98. The molecule has 1 aromatic rings. The Bertz CT molecular complexity index is 1710. The van der Waals surface area contributed by atoms with Gasteiger partial charge in [0.25, 0.3) is 0 Å². The second-order valence-electron chi connectivity index (χ2n) is 15.6. The Morgan fingerprint density at radius 1 is 1.17 bits per heavy atom. The molecule has 1 aliphatic carbocycles. The summed E-state index contributed by atoms with van der Waals surface area (Å²) in [6.45, 7) is 11.9. The third-order valence-corrected chi connectivity index (χ3v) is 12.3. The maximum atomic E-state index is 14.4. The first kappa shape index (κ1) is 40.0. The van der Waals surface area contributed by atoms with Crippen LogP contribution in [0.3, 0.4) is 0 Å². The molecule has 0 saturated carbocycles. The van der Waals surface area contributed by atoms with Crippen LogP contribution in [-0.2, 0) is 28.5 Å². The zero-order chi connectivity index (χ0) is 38.4. The van der Waals surface area contributed by atoms with E-state index < -0.39 is 76.7 Å². The number of carbonyl (C=O) groups excluding carboxylic acids is 2. The van der Waals surface area contributed by atoms with E-state index in [1.54, 1.807) is 31.2 Å². The van der Waals surface area contributed by atoms with Crippen molar-refractivity contribution in [3.8, 4) is 0 Å². The first-order valence-electron chi connectivity index (χ1n) is 18.6. The summed E-state index contributed by atoms with van der Waals surface area (Å²) in [6, 6.07) is 0.899. The van der Waals surface area contributed by atoms with Gasteiger partial charge in [-0.1, -0.05) is 87.7 Å². The normalized spacial score (nSPS) is 40.8. The van der Waals surface area contributed by atoms with E-state index in [2.05, 4.69) is 25.8 Å². The molecule has 4 aliphatic heterocycles. The standard InChI is InChI=1S/C40H50Cl2FNO9/c1-7-20(2)33-23(5)13-14-39(53-33)18-27-16-26(52-39)12-11-22(4)32(51-37(46)28-17-30(43)36(42)44-35(28)41)21(3)9-8-10-25-19-49-34-31(45)24(6)15-29(38(47)50-27)40(25,34)48/h8-11,15,17,20-21,23,26-27,29,31-34,45,48H,7,12-14,16,18-19H2,1-6H3/b9-8+,22-11+,25-10+/t20?,21-,23-,26+,27-,29-,31+,32-,33+,34+,39+,40+/m0/s1. The van der Waals surface area contributed by atoms with Crippen molar-refractivity contribution in [1.82, 2.24) is 4.98 Å². The highest BCUT2D eigenvalue weighted by molar-refractivity contribution is 6.34. The lowest BCUT2D eigenvalue weighted by Crippen LogP contribution is -2.58. The molecule has 290 valence electrons. The van der Waals surface area contributed by atoms with Crippen molar-refractivity contribution in [2.75, 3.05) is 6.61 Å². The number of ether oxygens (including phenoxy) is 5. The molecule has 0 amide bonds. The number of aliphatic hydroxyl groups is 2. The van der Waals surface area contributed by atoms with E-state index in [-0.39, 0.29) is 29.3 Å². The number of carbonyl (C=O) groups is 2. The average molecular weight is 779 g/mol. The quantitative estimate of drug-likeness (QED) is 0.183. The van der Waals surface area contributed by atoms with Crippen molar-refractivity contribution in [1.29, 1.82) is 0 Å². The Hall–Kier alpha value is -2.64. The largest absolute Gasteiger partial charge is 0.462 e. The molecule has 5 heterocycles. The minimum Gasteiger partial charge on any atom is -0.462 e. The van der Waals surface area contributed by atoms with Gasteiger partial charge in [-0.05, 0) is 61.3 Å². The minimum absolute atomic E-state index is 0.0295. The van der Waals surface area contributed by atoms with Crippen molar-refractivity contribution in [2.24, 2.45) is 23.7 Å². The summed E-state index contributed by atoms with van der Waals surface area (Å²) in [5.41, 5.74) is -0.563. The Balaban J connectivity index is 1.40. The molecule has 0 aromatic carbocycles. The lowest BCUT2D eigenvalue weighted by atomic mass is 9.71. The van der Waals surface area contributed by atoms with Crippen molar-refractivity contribution in [3.05, 3.63) is 74.9 Å². The summed E-state index contributed by atoms with van der Waals surface area (Å²) in [7, 11) is 0. The highest BCUT2D eigenvalue weighted by atomic mass is 35.5. The zero-order valence-corrected chi connectivity index (χ0v) is 32.5. The number of aliphatic hydroxyl groups excluding tert-OH is 1. The fraction of sp³-hybridized carbons (Fsp3) is 0.625. The lowest BCUT2D eigenvalue weighted by Gasteiger charge is -2.51. The molecular formula is C40H50Cl2FNO9. The summed E-state index contributed by atoms with van der Waals surface area (Å²) >= 11 is 12.0. The van der Waals surface area contributed by atoms with Crippen LogP contribution < -0.4 is 0 Å². The van der Waals surface area contributed by atoms with Crippen LogP contribution in [0.4, 0.5) is 4.39 Å². The van der Waals surface area contributed by atoms with Crippen LogP contribution in [-0.4, -0.2) is 81.8 Å². The predicted molar refractivity (Wildman–Crippen MR) is 196 cm³/mol. The number of fused-ring (bicyclic) bond motifs is 2. The smallest absolute Gasteiger partial charge is 0.342 e. The van der Waals surface area contributed by atoms with Crippen LogP contribution in [0.2, 0.25) is 10.3 Å². The van der Waals surface area contributed by atoms with Gasteiger partial charge in [0, 0.05) is 25.2 Å². The van der Waals surface area contributed by atoms with E-state index in [0.29, 0.717) is 48.3 Å². The molecule has 1 unspecified atom stereocenters. The van der Waals surface area contributed by atoms with Gasteiger partial charge >= 0.3 is 11.9 Å². The van der Waals surface area contributed by atoms with Gasteiger partial charge < -0.3 is 33.9 Å². The van der Waals surface area contributed by atoms with Crippen LogP contribution in [0.25, 0.3) is 0 Å². The van der Waals surface area contributed by atoms with Gasteiger partial charge in [-0.15, -0.1) is 0 Å². The van der Waals surface area contributed by atoms with Crippen LogP contribution in [0.5, 0.6) is 0 Å². The Kier molecular flexibility index (Phi) is 12.0. The fourth-order valence-corrected chi connectivity index (χ4v) is 8.91. The molecule has 53 heavy (non-hydrogen) atoms. The number of hydrogen-bond acceptors (Lipinski definition) is 10. The maximum Gasteiger partial charge on any atom is 0.342 e. The number of allylic oxidation sites excluding steroid dienone is 2. The number of rotatable bonds is 4. The molecule has 3 saturated heterocycles. The minimum atomic E-state index is -1.88. The Morgan fingerprint density at radius 2 is 1.92 bits per heavy atom. The van der Waals surface area contributed by atoms with Gasteiger partial charge in [0.15, 0.2) is 16.8 Å². The van der Waals surface area contributed by atoms with Gasteiger partial charge in [0.2, 0.25) is 0 Å². The maximum absolute atomic E-state index is 14.4. The van der Waals surface area contributed by atoms with Crippen molar-refractivity contribution < 1.29 is 47.9 Å². The Morgan fingerprint density at radius 3 is 2.66 bits per heavy atom. The first-order valence-corrected chi connectivity index (χ1v) is 19.4. The van der Waals surface area contributed by atoms with Gasteiger partial charge in [-0.3, -0.25) is 4.79 Å². The van der Waals surface area contributed by atoms with Gasteiger partial charge in [0.05, 0.1) is 24.4 Å². The van der Waals surface area contributed by atoms with Gasteiger partial charge in [-0.25, -0.2) is 14.2 Å². The molecule has 1 spiro atoms. The second kappa shape index (κ2) is 15.8. The van der Waals surface area contributed by atoms with E-state index >= 15 is 0 Å². The van der Waals surface area contributed by atoms with E-state index in [9.17, 15) is 24.2 Å². The number of hydrogen-bond donors (Lipinski definition) is 2. The summed E-state index contributed by atoms with van der Waals surface area (Å²) < 4.78 is 46.3. The molecule has 10 nitrogen and oxygen atoms in total. The van der Waals surface area contributed by atoms with Crippen molar-refractivity contribution >= 4 is 35.1 Å². The van der Waals surface area contributed by atoms with Crippen molar-refractivity contribution in [2.45, 2.75) is 128 Å². The molecule has 2 bridgehead atoms. The van der Waals surface area contributed by atoms with E-state index in [0.717, 1.165) is 18.9 Å². The number of esters is 2. The summed E-state index contributed by atoms with van der Waals surface area (Å²) in [4.78, 5) is 31.4. The predicted octanol–water partition coefficient (Wildman–Crippen LogP) is 7.24. The molecule has 5 aliphatic rings.